The van der Waals surface area contributed by atoms with Gasteiger partial charge >= 0.3 is 0 Å². The number of rotatable bonds is 5. The van der Waals surface area contributed by atoms with Crippen molar-refractivity contribution < 1.29 is 9.13 Å². The second-order valence-corrected chi connectivity index (χ2v) is 4.35. The summed E-state index contributed by atoms with van der Waals surface area (Å²) < 4.78 is 19.0. The summed E-state index contributed by atoms with van der Waals surface area (Å²) in [5.41, 5.74) is 7.03. The van der Waals surface area contributed by atoms with Crippen molar-refractivity contribution in [3.05, 3.63) is 60.2 Å². The molecule has 0 fully saturated rings. The Hall–Kier alpha value is -1.94. The Bertz CT molecular complexity index is 519. The van der Waals surface area contributed by atoms with E-state index < -0.39 is 0 Å². The standard InChI is InChI=1S/C15H17FN2O/c1-2-14(17)15(11-6-8-18-9-7-11)19-13-5-3-4-12(16)10-13/h3-10,14-15H,2,17H2,1H3. The Morgan fingerprint density at radius 2 is 2.00 bits per heavy atom. The molecule has 19 heavy (non-hydrogen) atoms. The van der Waals surface area contributed by atoms with Crippen molar-refractivity contribution >= 4 is 0 Å². The van der Waals surface area contributed by atoms with E-state index in [4.69, 9.17) is 10.5 Å². The van der Waals surface area contributed by atoms with Crippen LogP contribution in [0.25, 0.3) is 0 Å². The Balaban J connectivity index is 2.24. The van der Waals surface area contributed by atoms with Gasteiger partial charge in [-0.2, -0.15) is 0 Å². The molecule has 0 aliphatic carbocycles. The van der Waals surface area contributed by atoms with E-state index in [-0.39, 0.29) is 18.0 Å². The largest absolute Gasteiger partial charge is 0.484 e. The van der Waals surface area contributed by atoms with Crippen molar-refractivity contribution in [1.29, 1.82) is 0 Å². The summed E-state index contributed by atoms with van der Waals surface area (Å²) in [4.78, 5) is 3.98. The van der Waals surface area contributed by atoms with Crippen LogP contribution in [0.3, 0.4) is 0 Å². The van der Waals surface area contributed by atoms with Gasteiger partial charge in [0.2, 0.25) is 0 Å². The summed E-state index contributed by atoms with van der Waals surface area (Å²) in [6.07, 6.45) is 3.84. The van der Waals surface area contributed by atoms with E-state index in [1.807, 2.05) is 19.1 Å². The molecule has 1 heterocycles. The van der Waals surface area contributed by atoms with Gasteiger partial charge < -0.3 is 10.5 Å². The minimum absolute atomic E-state index is 0.161. The Morgan fingerprint density at radius 1 is 1.26 bits per heavy atom. The van der Waals surface area contributed by atoms with Gasteiger partial charge in [-0.25, -0.2) is 4.39 Å². The van der Waals surface area contributed by atoms with Crippen LogP contribution in [-0.2, 0) is 0 Å². The van der Waals surface area contributed by atoms with E-state index >= 15 is 0 Å². The monoisotopic (exact) mass is 260 g/mol. The summed E-state index contributed by atoms with van der Waals surface area (Å²) in [6.45, 7) is 1.99. The van der Waals surface area contributed by atoms with Crippen LogP contribution in [0.4, 0.5) is 4.39 Å². The normalized spacial score (nSPS) is 13.8. The second-order valence-electron chi connectivity index (χ2n) is 4.35. The first-order chi connectivity index (χ1) is 9.20. The summed E-state index contributed by atoms with van der Waals surface area (Å²) in [7, 11) is 0. The van der Waals surface area contributed by atoms with E-state index in [1.54, 1.807) is 24.5 Å². The van der Waals surface area contributed by atoms with Gasteiger partial charge in [0.25, 0.3) is 0 Å². The molecule has 2 N–H and O–H groups in total. The smallest absolute Gasteiger partial charge is 0.139 e. The van der Waals surface area contributed by atoms with Crippen molar-refractivity contribution in [2.24, 2.45) is 5.73 Å². The van der Waals surface area contributed by atoms with Crippen LogP contribution in [0.5, 0.6) is 5.75 Å². The highest BCUT2D eigenvalue weighted by molar-refractivity contribution is 5.25. The van der Waals surface area contributed by atoms with Gasteiger partial charge in [0.05, 0.1) is 0 Å². The molecule has 1 aromatic heterocycles. The average molecular weight is 260 g/mol. The number of nitrogens with zero attached hydrogens (tertiary/aromatic N) is 1. The van der Waals surface area contributed by atoms with Gasteiger partial charge in [-0.15, -0.1) is 0 Å². The molecule has 0 saturated heterocycles. The number of aromatic nitrogens is 1. The Labute approximate surface area is 112 Å². The summed E-state index contributed by atoms with van der Waals surface area (Å²) in [5, 5.41) is 0. The van der Waals surface area contributed by atoms with Crippen LogP contribution >= 0.6 is 0 Å². The lowest BCUT2D eigenvalue weighted by atomic mass is 10.0. The number of nitrogens with two attached hydrogens (primary N) is 1. The molecule has 100 valence electrons. The number of hydrogen-bond acceptors (Lipinski definition) is 3. The van der Waals surface area contributed by atoms with E-state index in [2.05, 4.69) is 4.98 Å². The SMILES string of the molecule is CCC(N)C(Oc1cccc(F)c1)c1ccncc1. The van der Waals surface area contributed by atoms with Gasteiger partial charge in [0, 0.05) is 24.5 Å². The van der Waals surface area contributed by atoms with E-state index in [1.165, 1.54) is 12.1 Å². The lowest BCUT2D eigenvalue weighted by molar-refractivity contribution is 0.170. The molecule has 0 aliphatic heterocycles. The molecule has 3 nitrogen and oxygen atoms in total. The van der Waals surface area contributed by atoms with E-state index in [9.17, 15) is 4.39 Å². The second kappa shape index (κ2) is 6.29. The highest BCUT2D eigenvalue weighted by Crippen LogP contribution is 2.25. The topological polar surface area (TPSA) is 48.1 Å². The van der Waals surface area contributed by atoms with Crippen molar-refractivity contribution in [1.82, 2.24) is 4.98 Å². The lowest BCUT2D eigenvalue weighted by Gasteiger charge is -2.24. The molecule has 1 aromatic carbocycles. The Kier molecular flexibility index (Phi) is 4.47. The molecule has 2 atom stereocenters. The van der Waals surface area contributed by atoms with Crippen molar-refractivity contribution in [2.45, 2.75) is 25.5 Å². The molecule has 0 saturated carbocycles. The van der Waals surface area contributed by atoms with Crippen LogP contribution < -0.4 is 10.5 Å². The highest BCUT2D eigenvalue weighted by atomic mass is 19.1. The summed E-state index contributed by atoms with van der Waals surface area (Å²) in [5.74, 6) is 0.154. The van der Waals surface area contributed by atoms with Crippen LogP contribution in [0.15, 0.2) is 48.8 Å². The minimum Gasteiger partial charge on any atom is -0.484 e. The fraction of sp³-hybridized carbons (Fsp3) is 0.267. The van der Waals surface area contributed by atoms with Crippen molar-refractivity contribution in [2.75, 3.05) is 0 Å². The predicted molar refractivity (Wildman–Crippen MR) is 72.3 cm³/mol. The number of ether oxygens (including phenoxy) is 1. The summed E-state index contributed by atoms with van der Waals surface area (Å²) in [6, 6.07) is 9.64. The third kappa shape index (κ3) is 3.51. The molecule has 2 aromatic rings. The molecule has 0 amide bonds. The van der Waals surface area contributed by atoms with Gasteiger partial charge in [-0.3, -0.25) is 4.98 Å². The molecular weight excluding hydrogens is 243 g/mol. The van der Waals surface area contributed by atoms with Gasteiger partial charge in [-0.05, 0) is 36.2 Å². The van der Waals surface area contributed by atoms with Crippen molar-refractivity contribution in [3.63, 3.8) is 0 Å². The van der Waals surface area contributed by atoms with Gasteiger partial charge in [0.15, 0.2) is 0 Å². The molecule has 0 bridgehead atoms. The zero-order valence-corrected chi connectivity index (χ0v) is 10.8. The van der Waals surface area contributed by atoms with Crippen LogP contribution in [0.1, 0.15) is 25.0 Å². The first-order valence-corrected chi connectivity index (χ1v) is 6.28. The maximum absolute atomic E-state index is 13.2. The zero-order chi connectivity index (χ0) is 13.7. The van der Waals surface area contributed by atoms with E-state index in [0.717, 1.165) is 12.0 Å². The molecule has 2 rings (SSSR count). The van der Waals surface area contributed by atoms with Gasteiger partial charge in [0.1, 0.15) is 17.7 Å². The summed E-state index contributed by atoms with van der Waals surface area (Å²) >= 11 is 0. The van der Waals surface area contributed by atoms with Crippen LogP contribution in [0.2, 0.25) is 0 Å². The quantitative estimate of drug-likeness (QED) is 0.898. The number of hydrogen-bond donors (Lipinski definition) is 1. The van der Waals surface area contributed by atoms with Crippen LogP contribution in [-0.4, -0.2) is 11.0 Å². The minimum atomic E-state index is -0.323. The molecular formula is C15H17FN2O. The molecule has 0 aliphatic rings. The fourth-order valence-corrected chi connectivity index (χ4v) is 1.86. The first kappa shape index (κ1) is 13.5. The average Bonchev–Trinajstić information content (AvgIpc) is 2.45. The van der Waals surface area contributed by atoms with Gasteiger partial charge in [-0.1, -0.05) is 13.0 Å². The van der Waals surface area contributed by atoms with E-state index in [0.29, 0.717) is 5.75 Å². The molecule has 4 heteroatoms. The van der Waals surface area contributed by atoms with Crippen molar-refractivity contribution in [3.8, 4) is 5.75 Å². The maximum Gasteiger partial charge on any atom is 0.139 e. The molecule has 0 radical (unpaired) electrons. The maximum atomic E-state index is 13.2. The third-order valence-corrected chi connectivity index (χ3v) is 2.95. The van der Waals surface area contributed by atoms with Crippen LogP contribution in [0, 0.1) is 5.82 Å². The third-order valence-electron chi connectivity index (χ3n) is 2.95. The number of halogens is 1. The highest BCUT2D eigenvalue weighted by Gasteiger charge is 2.20. The fourth-order valence-electron chi connectivity index (χ4n) is 1.86. The number of pyridine rings is 1. The lowest BCUT2D eigenvalue weighted by Crippen LogP contribution is -2.31. The zero-order valence-electron chi connectivity index (χ0n) is 10.8. The molecule has 0 spiro atoms. The molecule has 2 unspecified atom stereocenters. The predicted octanol–water partition coefficient (Wildman–Crippen LogP) is 3.08. The number of benzene rings is 1. The first-order valence-electron chi connectivity index (χ1n) is 6.28. The Morgan fingerprint density at radius 3 is 2.63 bits per heavy atom.